The lowest BCUT2D eigenvalue weighted by atomic mass is 9.75. The number of rotatable bonds is 2. The standard InChI is InChI=1S/C14H20O/c1-3-14(15)13-9-8-10(2)11-6-4-5-7-12(11)13/h4-7,10,13-15H,3,8-9H2,1-2H3. The minimum Gasteiger partial charge on any atom is -0.393 e. The Morgan fingerprint density at radius 3 is 2.60 bits per heavy atom. The van der Waals surface area contributed by atoms with E-state index in [1.807, 2.05) is 0 Å². The molecule has 0 aliphatic heterocycles. The van der Waals surface area contributed by atoms with Crippen LogP contribution in [0.2, 0.25) is 0 Å². The first kappa shape index (κ1) is 10.7. The third-order valence-corrected chi connectivity index (χ3v) is 3.72. The van der Waals surface area contributed by atoms with Gasteiger partial charge in [-0.2, -0.15) is 0 Å². The van der Waals surface area contributed by atoms with Gasteiger partial charge in [0.15, 0.2) is 0 Å². The van der Waals surface area contributed by atoms with Crippen LogP contribution in [-0.2, 0) is 0 Å². The van der Waals surface area contributed by atoms with Crippen LogP contribution in [0, 0.1) is 0 Å². The summed E-state index contributed by atoms with van der Waals surface area (Å²) in [5.74, 6) is 1.02. The Morgan fingerprint density at radius 2 is 1.93 bits per heavy atom. The molecule has 0 saturated heterocycles. The molecule has 0 saturated carbocycles. The van der Waals surface area contributed by atoms with Crippen molar-refractivity contribution in [3.8, 4) is 0 Å². The molecule has 2 rings (SSSR count). The molecule has 1 aromatic carbocycles. The van der Waals surface area contributed by atoms with Gasteiger partial charge in [-0.25, -0.2) is 0 Å². The summed E-state index contributed by atoms with van der Waals surface area (Å²) >= 11 is 0. The van der Waals surface area contributed by atoms with E-state index >= 15 is 0 Å². The van der Waals surface area contributed by atoms with E-state index in [1.165, 1.54) is 17.5 Å². The van der Waals surface area contributed by atoms with Gasteiger partial charge in [0, 0.05) is 5.92 Å². The van der Waals surface area contributed by atoms with Gasteiger partial charge in [-0.3, -0.25) is 0 Å². The van der Waals surface area contributed by atoms with Crippen molar-refractivity contribution in [2.75, 3.05) is 0 Å². The van der Waals surface area contributed by atoms with Crippen LogP contribution in [0.15, 0.2) is 24.3 Å². The fourth-order valence-electron chi connectivity index (χ4n) is 2.72. The summed E-state index contributed by atoms with van der Waals surface area (Å²) in [6.07, 6.45) is 3.03. The predicted molar refractivity (Wildman–Crippen MR) is 63.1 cm³/mol. The highest BCUT2D eigenvalue weighted by Gasteiger charge is 2.28. The fourth-order valence-corrected chi connectivity index (χ4v) is 2.72. The van der Waals surface area contributed by atoms with Crippen molar-refractivity contribution in [2.24, 2.45) is 0 Å². The summed E-state index contributed by atoms with van der Waals surface area (Å²) in [7, 11) is 0. The second-order valence-electron chi connectivity index (χ2n) is 4.69. The van der Waals surface area contributed by atoms with E-state index in [2.05, 4.69) is 38.1 Å². The molecule has 1 nitrogen and oxygen atoms in total. The minimum atomic E-state index is -0.168. The lowest BCUT2D eigenvalue weighted by Crippen LogP contribution is -2.23. The Balaban J connectivity index is 2.36. The predicted octanol–water partition coefficient (Wildman–Crippen LogP) is 3.44. The molecular formula is C14H20O. The smallest absolute Gasteiger partial charge is 0.0606 e. The van der Waals surface area contributed by atoms with Crippen molar-refractivity contribution in [3.63, 3.8) is 0 Å². The van der Waals surface area contributed by atoms with Crippen LogP contribution in [0.3, 0.4) is 0 Å². The van der Waals surface area contributed by atoms with Crippen molar-refractivity contribution < 1.29 is 5.11 Å². The van der Waals surface area contributed by atoms with E-state index in [1.54, 1.807) is 0 Å². The third-order valence-electron chi connectivity index (χ3n) is 3.72. The van der Waals surface area contributed by atoms with Crippen molar-refractivity contribution in [3.05, 3.63) is 35.4 Å². The highest BCUT2D eigenvalue weighted by atomic mass is 16.3. The van der Waals surface area contributed by atoms with Gasteiger partial charge >= 0.3 is 0 Å². The molecule has 1 aromatic rings. The van der Waals surface area contributed by atoms with Crippen LogP contribution in [0.5, 0.6) is 0 Å². The molecule has 82 valence electrons. The number of hydrogen-bond acceptors (Lipinski definition) is 1. The number of aliphatic hydroxyl groups excluding tert-OH is 1. The third kappa shape index (κ3) is 1.93. The van der Waals surface area contributed by atoms with E-state index in [-0.39, 0.29) is 6.10 Å². The van der Waals surface area contributed by atoms with Gasteiger partial charge < -0.3 is 5.11 Å². The maximum absolute atomic E-state index is 10.0. The Bertz CT molecular complexity index is 332. The molecule has 15 heavy (non-hydrogen) atoms. The van der Waals surface area contributed by atoms with Crippen LogP contribution in [0.1, 0.15) is 56.1 Å². The number of hydrogen-bond donors (Lipinski definition) is 1. The van der Waals surface area contributed by atoms with Crippen molar-refractivity contribution in [1.29, 1.82) is 0 Å². The maximum Gasteiger partial charge on any atom is 0.0606 e. The van der Waals surface area contributed by atoms with Crippen LogP contribution >= 0.6 is 0 Å². The first-order valence-electron chi connectivity index (χ1n) is 6.01. The maximum atomic E-state index is 10.0. The zero-order valence-electron chi connectivity index (χ0n) is 9.61. The first-order chi connectivity index (χ1) is 7.24. The molecule has 0 heterocycles. The molecular weight excluding hydrogens is 184 g/mol. The minimum absolute atomic E-state index is 0.168. The second kappa shape index (κ2) is 4.36. The number of benzene rings is 1. The summed E-state index contributed by atoms with van der Waals surface area (Å²) in [6, 6.07) is 8.60. The molecule has 0 bridgehead atoms. The van der Waals surface area contributed by atoms with E-state index in [0.717, 1.165) is 12.8 Å². The summed E-state index contributed by atoms with van der Waals surface area (Å²) < 4.78 is 0. The highest BCUT2D eigenvalue weighted by Crippen LogP contribution is 2.40. The van der Waals surface area contributed by atoms with Crippen molar-refractivity contribution in [1.82, 2.24) is 0 Å². The lowest BCUT2D eigenvalue weighted by molar-refractivity contribution is 0.128. The molecule has 1 N–H and O–H groups in total. The average Bonchev–Trinajstić information content (AvgIpc) is 2.29. The van der Waals surface area contributed by atoms with Crippen LogP contribution in [0.4, 0.5) is 0 Å². The lowest BCUT2D eigenvalue weighted by Gasteiger charge is -2.32. The number of aliphatic hydroxyl groups is 1. The molecule has 1 aliphatic rings. The van der Waals surface area contributed by atoms with E-state index in [0.29, 0.717) is 11.8 Å². The zero-order valence-corrected chi connectivity index (χ0v) is 9.61. The Kier molecular flexibility index (Phi) is 3.11. The summed E-state index contributed by atoms with van der Waals surface area (Å²) in [5, 5.41) is 10.0. The molecule has 1 heteroatoms. The van der Waals surface area contributed by atoms with E-state index < -0.39 is 0 Å². The topological polar surface area (TPSA) is 20.2 Å². The fraction of sp³-hybridized carbons (Fsp3) is 0.571. The second-order valence-corrected chi connectivity index (χ2v) is 4.69. The molecule has 3 atom stereocenters. The molecule has 0 aromatic heterocycles. The van der Waals surface area contributed by atoms with Gasteiger partial charge in [-0.05, 0) is 36.3 Å². The molecule has 1 aliphatic carbocycles. The monoisotopic (exact) mass is 204 g/mol. The number of fused-ring (bicyclic) bond motifs is 1. The zero-order chi connectivity index (χ0) is 10.8. The summed E-state index contributed by atoms with van der Waals surface area (Å²) in [6.45, 7) is 4.35. The quantitative estimate of drug-likeness (QED) is 0.782. The van der Waals surface area contributed by atoms with Crippen molar-refractivity contribution >= 4 is 0 Å². The van der Waals surface area contributed by atoms with Gasteiger partial charge in [0.1, 0.15) is 0 Å². The Hall–Kier alpha value is -0.820. The van der Waals surface area contributed by atoms with E-state index in [9.17, 15) is 5.11 Å². The van der Waals surface area contributed by atoms with Crippen molar-refractivity contribution in [2.45, 2.75) is 51.0 Å². The average molecular weight is 204 g/mol. The largest absolute Gasteiger partial charge is 0.393 e. The highest BCUT2D eigenvalue weighted by molar-refractivity contribution is 5.35. The first-order valence-corrected chi connectivity index (χ1v) is 6.01. The Labute approximate surface area is 92.1 Å². The Morgan fingerprint density at radius 1 is 1.27 bits per heavy atom. The molecule has 0 amide bonds. The molecule has 0 fully saturated rings. The SMILES string of the molecule is CCC(O)C1CCC(C)c2ccccc21. The van der Waals surface area contributed by atoms with Gasteiger partial charge in [-0.15, -0.1) is 0 Å². The molecule has 0 spiro atoms. The van der Waals surface area contributed by atoms with Crippen LogP contribution in [-0.4, -0.2) is 11.2 Å². The summed E-state index contributed by atoms with van der Waals surface area (Å²) in [5.41, 5.74) is 2.83. The van der Waals surface area contributed by atoms with Gasteiger partial charge in [-0.1, -0.05) is 38.1 Å². The van der Waals surface area contributed by atoms with Crippen LogP contribution < -0.4 is 0 Å². The van der Waals surface area contributed by atoms with Gasteiger partial charge in [0.25, 0.3) is 0 Å². The van der Waals surface area contributed by atoms with Crippen LogP contribution in [0.25, 0.3) is 0 Å². The molecule has 0 radical (unpaired) electrons. The normalized spacial score (nSPS) is 27.1. The molecule has 3 unspecified atom stereocenters. The summed E-state index contributed by atoms with van der Waals surface area (Å²) in [4.78, 5) is 0. The van der Waals surface area contributed by atoms with Gasteiger partial charge in [0.2, 0.25) is 0 Å². The van der Waals surface area contributed by atoms with Gasteiger partial charge in [0.05, 0.1) is 6.10 Å². The van der Waals surface area contributed by atoms with E-state index in [4.69, 9.17) is 0 Å².